The number of nitrogens with zero attached hydrogens (tertiary/aromatic N) is 2. The average Bonchev–Trinajstić information content (AvgIpc) is 3.14. The van der Waals surface area contributed by atoms with Crippen molar-refractivity contribution in [1.82, 2.24) is 9.97 Å². The zero-order chi connectivity index (χ0) is 12.8. The van der Waals surface area contributed by atoms with Crippen molar-refractivity contribution in [3.63, 3.8) is 0 Å². The monoisotopic (exact) mass is 273 g/mol. The molecule has 2 heterocycles. The van der Waals surface area contributed by atoms with E-state index in [2.05, 4.69) is 33.7 Å². The lowest BCUT2D eigenvalue weighted by molar-refractivity contribution is 0.304. The molecule has 2 aromatic rings. The molecule has 3 nitrogen and oxygen atoms in total. The summed E-state index contributed by atoms with van der Waals surface area (Å²) in [5.74, 6) is 3.82. The summed E-state index contributed by atoms with van der Waals surface area (Å²) in [6, 6.07) is 2.59. The first-order chi connectivity index (χ1) is 9.31. The van der Waals surface area contributed by atoms with E-state index < -0.39 is 0 Å². The second-order valence-corrected chi connectivity index (χ2v) is 7.05. The van der Waals surface area contributed by atoms with Crippen molar-refractivity contribution < 1.29 is 0 Å². The van der Waals surface area contributed by atoms with Crippen molar-refractivity contribution in [2.45, 2.75) is 38.6 Å². The molecule has 0 aromatic carbocycles. The summed E-state index contributed by atoms with van der Waals surface area (Å²) in [6.07, 6.45) is 7.47. The highest BCUT2D eigenvalue weighted by molar-refractivity contribution is 7.17. The van der Waals surface area contributed by atoms with Crippen LogP contribution in [-0.2, 0) is 0 Å². The first-order valence-corrected chi connectivity index (χ1v) is 8.14. The van der Waals surface area contributed by atoms with Crippen molar-refractivity contribution in [2.75, 3.05) is 5.32 Å². The molecule has 2 aromatic heterocycles. The number of aromatic nitrogens is 2. The molecule has 19 heavy (non-hydrogen) atoms. The highest BCUT2D eigenvalue weighted by atomic mass is 32.1. The lowest BCUT2D eigenvalue weighted by Gasteiger charge is -2.28. The van der Waals surface area contributed by atoms with Crippen molar-refractivity contribution in [1.29, 1.82) is 0 Å². The smallest absolute Gasteiger partial charge is 0.147 e. The Morgan fingerprint density at radius 3 is 3.05 bits per heavy atom. The van der Waals surface area contributed by atoms with Gasteiger partial charge in [0.25, 0.3) is 0 Å². The van der Waals surface area contributed by atoms with Gasteiger partial charge in [-0.2, -0.15) is 0 Å². The first kappa shape index (κ1) is 11.6. The molecule has 0 aliphatic heterocycles. The summed E-state index contributed by atoms with van der Waals surface area (Å²) in [6.45, 7) is 2.33. The highest BCUT2D eigenvalue weighted by Crippen LogP contribution is 2.49. The van der Waals surface area contributed by atoms with E-state index in [-0.39, 0.29) is 0 Å². The molecule has 0 radical (unpaired) electrons. The SMILES string of the molecule is CC(Nc1ncnc2ccsc12)C1CC2CCC1C2. The van der Waals surface area contributed by atoms with Gasteiger partial charge >= 0.3 is 0 Å². The van der Waals surface area contributed by atoms with E-state index >= 15 is 0 Å². The molecular formula is C15H19N3S. The van der Waals surface area contributed by atoms with Crippen LogP contribution in [-0.4, -0.2) is 16.0 Å². The standard InChI is InChI=1S/C15H19N3S/c1-9(12-7-10-2-3-11(12)6-10)18-15-14-13(4-5-19-14)16-8-17-15/h4-5,8-12H,2-3,6-7H2,1H3,(H,16,17,18). The Morgan fingerprint density at radius 2 is 2.26 bits per heavy atom. The maximum atomic E-state index is 4.44. The third kappa shape index (κ3) is 1.93. The van der Waals surface area contributed by atoms with Crippen molar-refractivity contribution >= 4 is 27.4 Å². The Balaban J connectivity index is 1.56. The van der Waals surface area contributed by atoms with Crippen LogP contribution in [0.5, 0.6) is 0 Å². The number of rotatable bonds is 3. The molecule has 0 saturated heterocycles. The molecule has 4 heteroatoms. The van der Waals surface area contributed by atoms with Gasteiger partial charge in [-0.15, -0.1) is 11.3 Å². The van der Waals surface area contributed by atoms with Gasteiger partial charge in [0.05, 0.1) is 10.2 Å². The summed E-state index contributed by atoms with van der Waals surface area (Å²) in [4.78, 5) is 8.74. The fourth-order valence-corrected chi connectivity index (χ4v) is 4.92. The van der Waals surface area contributed by atoms with Crippen LogP contribution in [0.2, 0.25) is 0 Å². The maximum Gasteiger partial charge on any atom is 0.147 e. The summed E-state index contributed by atoms with van der Waals surface area (Å²) >= 11 is 1.73. The van der Waals surface area contributed by atoms with Gasteiger partial charge in [-0.25, -0.2) is 9.97 Å². The van der Waals surface area contributed by atoms with Crippen LogP contribution in [0.3, 0.4) is 0 Å². The van der Waals surface area contributed by atoms with Crippen LogP contribution in [0, 0.1) is 17.8 Å². The van der Waals surface area contributed by atoms with E-state index in [9.17, 15) is 0 Å². The van der Waals surface area contributed by atoms with Crippen LogP contribution in [0.15, 0.2) is 17.8 Å². The van der Waals surface area contributed by atoms with Crippen molar-refractivity contribution in [3.05, 3.63) is 17.8 Å². The molecule has 4 rings (SSSR count). The number of hydrogen-bond donors (Lipinski definition) is 1. The minimum Gasteiger partial charge on any atom is -0.366 e. The van der Waals surface area contributed by atoms with E-state index in [1.54, 1.807) is 17.7 Å². The minimum atomic E-state index is 0.524. The summed E-state index contributed by atoms with van der Waals surface area (Å²) in [7, 11) is 0. The lowest BCUT2D eigenvalue weighted by Crippen LogP contribution is -2.30. The van der Waals surface area contributed by atoms with Gasteiger partial charge < -0.3 is 5.32 Å². The molecule has 2 fully saturated rings. The molecule has 2 aliphatic carbocycles. The normalized spacial score (nSPS) is 30.9. The average molecular weight is 273 g/mol. The number of thiophene rings is 1. The zero-order valence-electron chi connectivity index (χ0n) is 11.2. The molecule has 2 saturated carbocycles. The predicted molar refractivity (Wildman–Crippen MR) is 79.4 cm³/mol. The molecule has 2 aliphatic rings. The van der Waals surface area contributed by atoms with Gasteiger partial charge in [0.15, 0.2) is 0 Å². The molecular weight excluding hydrogens is 254 g/mol. The lowest BCUT2D eigenvalue weighted by atomic mass is 9.84. The van der Waals surface area contributed by atoms with Crippen LogP contribution >= 0.6 is 11.3 Å². The van der Waals surface area contributed by atoms with E-state index in [4.69, 9.17) is 0 Å². The quantitative estimate of drug-likeness (QED) is 0.920. The largest absolute Gasteiger partial charge is 0.366 e. The Labute approximate surface area is 117 Å². The Hall–Kier alpha value is -1.16. The zero-order valence-corrected chi connectivity index (χ0v) is 12.0. The van der Waals surface area contributed by atoms with E-state index in [0.717, 1.165) is 29.1 Å². The molecule has 2 bridgehead atoms. The van der Waals surface area contributed by atoms with Crippen LogP contribution in [0.4, 0.5) is 5.82 Å². The Bertz CT molecular complexity index is 594. The van der Waals surface area contributed by atoms with Gasteiger partial charge in [0, 0.05) is 6.04 Å². The van der Waals surface area contributed by atoms with Crippen LogP contribution in [0.25, 0.3) is 10.2 Å². The summed E-state index contributed by atoms with van der Waals surface area (Å²) in [5.41, 5.74) is 1.06. The molecule has 0 amide bonds. The van der Waals surface area contributed by atoms with E-state index in [1.807, 2.05) is 0 Å². The van der Waals surface area contributed by atoms with Crippen LogP contribution in [0.1, 0.15) is 32.6 Å². The third-order valence-electron chi connectivity index (χ3n) is 5.04. The molecule has 100 valence electrons. The molecule has 0 spiro atoms. The number of fused-ring (bicyclic) bond motifs is 3. The second-order valence-electron chi connectivity index (χ2n) is 6.13. The fraction of sp³-hybridized carbons (Fsp3) is 0.600. The van der Waals surface area contributed by atoms with Gasteiger partial charge in [0.1, 0.15) is 12.1 Å². The summed E-state index contributed by atoms with van der Waals surface area (Å²) in [5, 5.41) is 5.75. The predicted octanol–water partition coefficient (Wildman–Crippen LogP) is 3.93. The van der Waals surface area contributed by atoms with Crippen molar-refractivity contribution in [2.24, 2.45) is 17.8 Å². The molecule has 4 atom stereocenters. The topological polar surface area (TPSA) is 37.8 Å². The first-order valence-electron chi connectivity index (χ1n) is 7.26. The number of hydrogen-bond acceptors (Lipinski definition) is 4. The fourth-order valence-electron chi connectivity index (χ4n) is 4.12. The summed E-state index contributed by atoms with van der Waals surface area (Å²) < 4.78 is 1.19. The van der Waals surface area contributed by atoms with Gasteiger partial charge in [-0.05, 0) is 55.4 Å². The van der Waals surface area contributed by atoms with Crippen LogP contribution < -0.4 is 5.32 Å². The van der Waals surface area contributed by atoms with Crippen molar-refractivity contribution in [3.8, 4) is 0 Å². The molecule has 1 N–H and O–H groups in total. The number of nitrogens with one attached hydrogen (secondary N) is 1. The van der Waals surface area contributed by atoms with Gasteiger partial charge in [-0.1, -0.05) is 6.42 Å². The van der Waals surface area contributed by atoms with E-state index in [1.165, 1.54) is 30.4 Å². The Kier molecular flexibility index (Phi) is 2.72. The van der Waals surface area contributed by atoms with E-state index in [0.29, 0.717) is 6.04 Å². The van der Waals surface area contributed by atoms with Gasteiger partial charge in [-0.3, -0.25) is 0 Å². The second kappa shape index (κ2) is 4.44. The minimum absolute atomic E-state index is 0.524. The Morgan fingerprint density at radius 1 is 1.32 bits per heavy atom. The molecule has 4 unspecified atom stereocenters. The highest BCUT2D eigenvalue weighted by Gasteiger charge is 2.41. The number of anilines is 1. The van der Waals surface area contributed by atoms with Gasteiger partial charge in [0.2, 0.25) is 0 Å². The maximum absolute atomic E-state index is 4.44. The third-order valence-corrected chi connectivity index (χ3v) is 5.95.